The molecule has 0 aliphatic rings. The van der Waals surface area contributed by atoms with Crippen molar-refractivity contribution in [1.29, 1.82) is 0 Å². The van der Waals surface area contributed by atoms with Gasteiger partial charge in [0.25, 0.3) is 0 Å². The Morgan fingerprint density at radius 1 is 1.30 bits per heavy atom. The zero-order chi connectivity index (χ0) is 15.0. The lowest BCUT2D eigenvalue weighted by atomic mass is 10.1. The van der Waals surface area contributed by atoms with Gasteiger partial charge in [-0.25, -0.2) is 9.78 Å². The van der Waals surface area contributed by atoms with Gasteiger partial charge in [-0.3, -0.25) is 4.79 Å². The number of carbonyl (C=O) groups excluding carboxylic acids is 1. The molecule has 2 N–H and O–H groups in total. The van der Waals surface area contributed by atoms with Crippen LogP contribution in [0.2, 0.25) is 0 Å². The second kappa shape index (κ2) is 8.35. The van der Waals surface area contributed by atoms with Crippen molar-refractivity contribution < 1.29 is 14.7 Å². The summed E-state index contributed by atoms with van der Waals surface area (Å²) < 4.78 is 1.90. The number of imidazole rings is 1. The number of carbonyl (C=O) groups is 2. The van der Waals surface area contributed by atoms with E-state index in [9.17, 15) is 9.59 Å². The predicted molar refractivity (Wildman–Crippen MR) is 75.3 cm³/mol. The minimum absolute atomic E-state index is 0.0265. The molecule has 0 fully saturated rings. The number of hydrogen-bond donors (Lipinski definition) is 2. The van der Waals surface area contributed by atoms with E-state index in [1.807, 2.05) is 17.7 Å². The van der Waals surface area contributed by atoms with Crippen molar-refractivity contribution in [3.05, 3.63) is 18.7 Å². The second-order valence-electron chi connectivity index (χ2n) is 4.90. The number of amides is 1. The summed E-state index contributed by atoms with van der Waals surface area (Å²) in [6, 6.07) is -0.767. The van der Waals surface area contributed by atoms with E-state index in [1.165, 1.54) is 0 Å². The number of nitrogens with zero attached hydrogens (tertiary/aromatic N) is 2. The minimum Gasteiger partial charge on any atom is -0.480 e. The Labute approximate surface area is 119 Å². The third-order valence-electron chi connectivity index (χ3n) is 3.20. The van der Waals surface area contributed by atoms with E-state index in [0.717, 1.165) is 19.3 Å². The molecule has 1 aromatic rings. The Bertz CT molecular complexity index is 417. The molecule has 0 aromatic carbocycles. The van der Waals surface area contributed by atoms with Crippen LogP contribution < -0.4 is 5.32 Å². The number of hydrogen-bond acceptors (Lipinski definition) is 3. The summed E-state index contributed by atoms with van der Waals surface area (Å²) in [6.45, 7) is 3.95. The number of carboxylic acids is 1. The largest absolute Gasteiger partial charge is 0.480 e. The van der Waals surface area contributed by atoms with Gasteiger partial charge in [0.2, 0.25) is 5.91 Å². The van der Waals surface area contributed by atoms with Gasteiger partial charge >= 0.3 is 5.97 Å². The Morgan fingerprint density at radius 3 is 2.50 bits per heavy atom. The topological polar surface area (TPSA) is 84.2 Å². The number of carboxylic acid groups (broad SMARTS) is 1. The molecule has 6 heteroatoms. The summed E-state index contributed by atoms with van der Waals surface area (Å²) >= 11 is 0. The molecule has 6 nitrogen and oxygen atoms in total. The van der Waals surface area contributed by atoms with E-state index >= 15 is 0 Å². The fourth-order valence-corrected chi connectivity index (χ4v) is 2.19. The molecule has 1 amide bonds. The standard InChI is InChI=1S/C14H23N3O3/c1-3-5-11(17-8-7-15-10-17)9-13(18)16-12(6-4-2)14(19)20/h7-8,10-12H,3-6,9H2,1-2H3,(H,16,18)(H,19,20)/t11?,12-/m0/s1. The number of aliphatic carboxylic acids is 1. The summed E-state index contributed by atoms with van der Waals surface area (Å²) in [7, 11) is 0. The Morgan fingerprint density at radius 2 is 2.00 bits per heavy atom. The smallest absolute Gasteiger partial charge is 0.326 e. The maximum Gasteiger partial charge on any atom is 0.326 e. The molecule has 1 heterocycles. The average Bonchev–Trinajstić information content (AvgIpc) is 2.91. The molecule has 0 aliphatic heterocycles. The molecule has 1 rings (SSSR count). The molecule has 0 saturated carbocycles. The van der Waals surface area contributed by atoms with E-state index in [1.54, 1.807) is 12.5 Å². The van der Waals surface area contributed by atoms with Gasteiger partial charge in [-0.15, -0.1) is 0 Å². The molecule has 0 aliphatic carbocycles. The van der Waals surface area contributed by atoms with E-state index in [0.29, 0.717) is 6.42 Å². The highest BCUT2D eigenvalue weighted by Gasteiger charge is 2.21. The first-order chi connectivity index (χ1) is 9.58. The monoisotopic (exact) mass is 281 g/mol. The van der Waals surface area contributed by atoms with Crippen LogP contribution in [0.1, 0.15) is 52.0 Å². The van der Waals surface area contributed by atoms with Crippen molar-refractivity contribution in [2.75, 3.05) is 0 Å². The van der Waals surface area contributed by atoms with Crippen LogP contribution in [0, 0.1) is 0 Å². The normalized spacial score (nSPS) is 13.7. The fourth-order valence-electron chi connectivity index (χ4n) is 2.19. The van der Waals surface area contributed by atoms with Crippen LogP contribution in [0.25, 0.3) is 0 Å². The number of nitrogens with one attached hydrogen (secondary N) is 1. The molecule has 2 atom stereocenters. The minimum atomic E-state index is -0.977. The summed E-state index contributed by atoms with van der Waals surface area (Å²) in [5.41, 5.74) is 0. The summed E-state index contributed by atoms with van der Waals surface area (Å²) in [6.07, 6.45) is 8.45. The fraction of sp³-hybridized carbons (Fsp3) is 0.643. The van der Waals surface area contributed by atoms with Crippen LogP contribution in [-0.4, -0.2) is 32.6 Å². The van der Waals surface area contributed by atoms with E-state index in [-0.39, 0.29) is 18.4 Å². The van der Waals surface area contributed by atoms with Crippen molar-refractivity contribution in [2.45, 2.75) is 58.0 Å². The summed E-state index contributed by atoms with van der Waals surface area (Å²) in [5, 5.41) is 11.6. The van der Waals surface area contributed by atoms with Gasteiger partial charge in [0, 0.05) is 24.9 Å². The van der Waals surface area contributed by atoms with Crippen LogP contribution in [-0.2, 0) is 9.59 Å². The van der Waals surface area contributed by atoms with Crippen LogP contribution >= 0.6 is 0 Å². The molecule has 0 radical (unpaired) electrons. The Kier molecular flexibility index (Phi) is 6.76. The van der Waals surface area contributed by atoms with Crippen molar-refractivity contribution >= 4 is 11.9 Å². The van der Waals surface area contributed by atoms with Crippen LogP contribution in [0.3, 0.4) is 0 Å². The predicted octanol–water partition coefficient (Wildman–Crippen LogP) is 1.98. The molecule has 1 aromatic heterocycles. The highest BCUT2D eigenvalue weighted by molar-refractivity contribution is 5.83. The first kappa shape index (κ1) is 16.2. The zero-order valence-electron chi connectivity index (χ0n) is 12.1. The molecule has 0 saturated heterocycles. The zero-order valence-corrected chi connectivity index (χ0v) is 12.1. The molecule has 0 bridgehead atoms. The highest BCUT2D eigenvalue weighted by Crippen LogP contribution is 2.17. The molecule has 1 unspecified atom stereocenters. The lowest BCUT2D eigenvalue weighted by Gasteiger charge is -2.19. The van der Waals surface area contributed by atoms with E-state index in [4.69, 9.17) is 5.11 Å². The van der Waals surface area contributed by atoms with Gasteiger partial charge in [-0.1, -0.05) is 26.7 Å². The van der Waals surface area contributed by atoms with Crippen LogP contribution in [0.15, 0.2) is 18.7 Å². The number of aromatic nitrogens is 2. The third-order valence-corrected chi connectivity index (χ3v) is 3.20. The quantitative estimate of drug-likeness (QED) is 0.725. The third kappa shape index (κ3) is 5.03. The molecular weight excluding hydrogens is 258 g/mol. The van der Waals surface area contributed by atoms with Gasteiger partial charge in [-0.05, 0) is 12.8 Å². The molecular formula is C14H23N3O3. The first-order valence-electron chi connectivity index (χ1n) is 7.08. The SMILES string of the molecule is CCCC(CC(=O)N[C@@H](CCC)C(=O)O)n1ccnc1. The lowest BCUT2D eigenvalue weighted by Crippen LogP contribution is -2.41. The van der Waals surface area contributed by atoms with Gasteiger partial charge in [0.1, 0.15) is 6.04 Å². The summed E-state index contributed by atoms with van der Waals surface area (Å²) in [4.78, 5) is 27.0. The Hall–Kier alpha value is -1.85. The average molecular weight is 281 g/mol. The van der Waals surface area contributed by atoms with E-state index in [2.05, 4.69) is 17.2 Å². The Balaban J connectivity index is 2.59. The highest BCUT2D eigenvalue weighted by atomic mass is 16.4. The first-order valence-corrected chi connectivity index (χ1v) is 7.08. The van der Waals surface area contributed by atoms with Gasteiger partial charge in [-0.2, -0.15) is 0 Å². The van der Waals surface area contributed by atoms with Gasteiger partial charge in [0.15, 0.2) is 0 Å². The van der Waals surface area contributed by atoms with Crippen LogP contribution in [0.4, 0.5) is 0 Å². The maximum atomic E-state index is 12.0. The number of rotatable bonds is 9. The van der Waals surface area contributed by atoms with Crippen LogP contribution in [0.5, 0.6) is 0 Å². The van der Waals surface area contributed by atoms with Gasteiger partial charge in [0.05, 0.1) is 6.33 Å². The molecule has 112 valence electrons. The van der Waals surface area contributed by atoms with Crippen molar-refractivity contribution in [1.82, 2.24) is 14.9 Å². The summed E-state index contributed by atoms with van der Waals surface area (Å²) in [5.74, 6) is -1.20. The lowest BCUT2D eigenvalue weighted by molar-refractivity contribution is -0.142. The van der Waals surface area contributed by atoms with Gasteiger partial charge < -0.3 is 15.0 Å². The molecule has 0 spiro atoms. The van der Waals surface area contributed by atoms with Crippen molar-refractivity contribution in [2.24, 2.45) is 0 Å². The van der Waals surface area contributed by atoms with E-state index < -0.39 is 12.0 Å². The molecule has 20 heavy (non-hydrogen) atoms. The van der Waals surface area contributed by atoms with Crippen molar-refractivity contribution in [3.8, 4) is 0 Å². The second-order valence-corrected chi connectivity index (χ2v) is 4.90. The maximum absolute atomic E-state index is 12.0. The van der Waals surface area contributed by atoms with Crippen molar-refractivity contribution in [3.63, 3.8) is 0 Å².